The Bertz CT molecular complexity index is 748. The van der Waals surface area contributed by atoms with Crippen LogP contribution < -0.4 is 5.32 Å². The highest BCUT2D eigenvalue weighted by atomic mass is 16.5. The van der Waals surface area contributed by atoms with Gasteiger partial charge in [-0.1, -0.05) is 30.3 Å². The average Bonchev–Trinajstić information content (AvgIpc) is 3.03. The molecule has 1 aliphatic heterocycles. The van der Waals surface area contributed by atoms with Crippen molar-refractivity contribution in [2.45, 2.75) is 33.7 Å². The van der Waals surface area contributed by atoms with E-state index in [2.05, 4.69) is 33.3 Å². The third-order valence-corrected chi connectivity index (χ3v) is 4.90. The summed E-state index contributed by atoms with van der Waals surface area (Å²) in [5, 5.41) is 7.17. The maximum Gasteiger partial charge on any atom is 0.238 e. The van der Waals surface area contributed by atoms with E-state index in [-0.39, 0.29) is 5.91 Å². The third-order valence-electron chi connectivity index (χ3n) is 4.90. The number of carbonyl (C=O) groups excluding carboxylic acids is 1. The number of hydrogen-bond acceptors (Lipinski definition) is 5. The van der Waals surface area contributed by atoms with E-state index in [1.54, 1.807) is 0 Å². The molecule has 6 nitrogen and oxygen atoms in total. The fourth-order valence-electron chi connectivity index (χ4n) is 3.41. The van der Waals surface area contributed by atoms with Crippen LogP contribution >= 0.6 is 0 Å². The molecule has 1 aromatic heterocycles. The van der Waals surface area contributed by atoms with Crippen LogP contribution in [0.2, 0.25) is 0 Å². The summed E-state index contributed by atoms with van der Waals surface area (Å²) in [7, 11) is 0. The molecule has 6 heteroatoms. The number of rotatable bonds is 6. The Labute approximate surface area is 155 Å². The first kappa shape index (κ1) is 18.6. The number of nitrogens with zero attached hydrogens (tertiary/aromatic N) is 3. The molecule has 140 valence electrons. The second-order valence-electron chi connectivity index (χ2n) is 6.99. The molecule has 1 aromatic carbocycles. The molecule has 0 aliphatic carbocycles. The minimum atomic E-state index is 0.0644. The van der Waals surface area contributed by atoms with E-state index in [0.717, 1.165) is 61.8 Å². The zero-order valence-corrected chi connectivity index (χ0v) is 15.9. The van der Waals surface area contributed by atoms with Crippen molar-refractivity contribution in [1.82, 2.24) is 15.0 Å². The molecule has 0 bridgehead atoms. The highest BCUT2D eigenvalue weighted by molar-refractivity contribution is 5.93. The van der Waals surface area contributed by atoms with Gasteiger partial charge in [-0.05, 0) is 31.4 Å². The molecule has 0 saturated carbocycles. The van der Waals surface area contributed by atoms with E-state index in [1.807, 2.05) is 32.0 Å². The molecule has 1 aliphatic rings. The van der Waals surface area contributed by atoms with Crippen molar-refractivity contribution < 1.29 is 9.32 Å². The standard InChI is InChI=1S/C20H28N4O2/c1-4-17-7-5-6-15(2)20(17)21-19(25)14-24-10-8-23(9-11-24)13-18-12-16(3)26-22-18/h5-7,12H,4,8-11,13-14H2,1-3H3,(H,21,25). The van der Waals surface area contributed by atoms with E-state index < -0.39 is 0 Å². The number of para-hydroxylation sites is 1. The minimum Gasteiger partial charge on any atom is -0.361 e. The summed E-state index contributed by atoms with van der Waals surface area (Å²) in [6.07, 6.45) is 0.914. The second kappa shape index (κ2) is 8.47. The van der Waals surface area contributed by atoms with Gasteiger partial charge in [-0.2, -0.15) is 0 Å². The van der Waals surface area contributed by atoms with Crippen LogP contribution in [0.5, 0.6) is 0 Å². The SMILES string of the molecule is CCc1cccc(C)c1NC(=O)CN1CCN(Cc2cc(C)on2)CC1. The third kappa shape index (κ3) is 4.71. The number of nitrogens with one attached hydrogen (secondary N) is 1. The Morgan fingerprint density at radius 1 is 1.19 bits per heavy atom. The number of amides is 1. The maximum atomic E-state index is 12.5. The van der Waals surface area contributed by atoms with Gasteiger partial charge < -0.3 is 9.84 Å². The fourth-order valence-corrected chi connectivity index (χ4v) is 3.41. The first-order valence-electron chi connectivity index (χ1n) is 9.30. The van der Waals surface area contributed by atoms with Gasteiger partial charge in [-0.15, -0.1) is 0 Å². The molecule has 1 saturated heterocycles. The molecule has 1 amide bonds. The van der Waals surface area contributed by atoms with E-state index in [9.17, 15) is 4.79 Å². The van der Waals surface area contributed by atoms with Gasteiger partial charge >= 0.3 is 0 Å². The lowest BCUT2D eigenvalue weighted by atomic mass is 10.1. The Hall–Kier alpha value is -2.18. The maximum absolute atomic E-state index is 12.5. The molecule has 1 fully saturated rings. The van der Waals surface area contributed by atoms with Gasteiger partial charge in [0.1, 0.15) is 5.76 Å². The predicted molar refractivity (Wildman–Crippen MR) is 102 cm³/mol. The summed E-state index contributed by atoms with van der Waals surface area (Å²) >= 11 is 0. The van der Waals surface area contributed by atoms with Crippen LogP contribution in [0.3, 0.4) is 0 Å². The van der Waals surface area contributed by atoms with Gasteiger partial charge in [0.2, 0.25) is 5.91 Å². The summed E-state index contributed by atoms with van der Waals surface area (Å²) < 4.78 is 5.12. The van der Waals surface area contributed by atoms with Crippen LogP contribution in [0.25, 0.3) is 0 Å². The summed E-state index contributed by atoms with van der Waals surface area (Å²) in [5.41, 5.74) is 4.25. The summed E-state index contributed by atoms with van der Waals surface area (Å²) in [6, 6.07) is 8.14. The van der Waals surface area contributed by atoms with Crippen LogP contribution in [-0.4, -0.2) is 53.6 Å². The molecular weight excluding hydrogens is 328 g/mol. The number of hydrogen-bond donors (Lipinski definition) is 1. The van der Waals surface area contributed by atoms with E-state index in [0.29, 0.717) is 6.54 Å². The van der Waals surface area contributed by atoms with Gasteiger partial charge in [0.15, 0.2) is 0 Å². The van der Waals surface area contributed by atoms with Crippen LogP contribution in [0.15, 0.2) is 28.8 Å². The quantitative estimate of drug-likeness (QED) is 0.862. The Kier molecular flexibility index (Phi) is 6.06. The summed E-state index contributed by atoms with van der Waals surface area (Å²) in [6.45, 7) is 10.9. The summed E-state index contributed by atoms with van der Waals surface area (Å²) in [4.78, 5) is 17.0. The average molecular weight is 356 g/mol. The normalized spacial score (nSPS) is 16.0. The molecule has 2 heterocycles. The molecule has 0 atom stereocenters. The van der Waals surface area contributed by atoms with Crippen LogP contribution in [-0.2, 0) is 17.8 Å². The molecule has 0 radical (unpaired) electrons. The molecule has 2 aromatic rings. The number of piperazine rings is 1. The number of anilines is 1. The zero-order chi connectivity index (χ0) is 18.5. The van der Waals surface area contributed by atoms with Crippen molar-refractivity contribution in [1.29, 1.82) is 0 Å². The molecule has 1 N–H and O–H groups in total. The van der Waals surface area contributed by atoms with Gasteiger partial charge in [0.05, 0.1) is 12.2 Å². The highest BCUT2D eigenvalue weighted by Crippen LogP contribution is 2.21. The van der Waals surface area contributed by atoms with Gasteiger partial charge in [0.25, 0.3) is 0 Å². The van der Waals surface area contributed by atoms with E-state index in [4.69, 9.17) is 4.52 Å². The topological polar surface area (TPSA) is 61.6 Å². The van der Waals surface area contributed by atoms with Crippen LogP contribution in [0.1, 0.15) is 29.5 Å². The predicted octanol–water partition coefficient (Wildman–Crippen LogP) is 2.61. The highest BCUT2D eigenvalue weighted by Gasteiger charge is 2.20. The largest absolute Gasteiger partial charge is 0.361 e. The van der Waals surface area contributed by atoms with Crippen molar-refractivity contribution in [2.75, 3.05) is 38.0 Å². The van der Waals surface area contributed by atoms with Crippen molar-refractivity contribution in [3.05, 3.63) is 46.8 Å². The minimum absolute atomic E-state index is 0.0644. The van der Waals surface area contributed by atoms with E-state index in [1.165, 1.54) is 5.56 Å². The second-order valence-corrected chi connectivity index (χ2v) is 6.99. The fraction of sp³-hybridized carbons (Fsp3) is 0.500. The van der Waals surface area contributed by atoms with Crippen molar-refractivity contribution in [3.63, 3.8) is 0 Å². The Morgan fingerprint density at radius 3 is 2.58 bits per heavy atom. The lowest BCUT2D eigenvalue weighted by Crippen LogP contribution is -2.48. The Morgan fingerprint density at radius 2 is 1.92 bits per heavy atom. The number of aromatic nitrogens is 1. The van der Waals surface area contributed by atoms with Crippen molar-refractivity contribution >= 4 is 11.6 Å². The first-order chi connectivity index (χ1) is 12.5. The van der Waals surface area contributed by atoms with Gasteiger partial charge in [0, 0.05) is 44.5 Å². The first-order valence-corrected chi connectivity index (χ1v) is 9.30. The molecule has 0 spiro atoms. The number of carbonyl (C=O) groups is 1. The Balaban J connectivity index is 1.48. The van der Waals surface area contributed by atoms with Crippen molar-refractivity contribution in [3.8, 4) is 0 Å². The summed E-state index contributed by atoms with van der Waals surface area (Å²) in [5.74, 6) is 0.910. The van der Waals surface area contributed by atoms with Crippen molar-refractivity contribution in [2.24, 2.45) is 0 Å². The zero-order valence-electron chi connectivity index (χ0n) is 15.9. The van der Waals surface area contributed by atoms with E-state index >= 15 is 0 Å². The monoisotopic (exact) mass is 356 g/mol. The molecule has 0 unspecified atom stereocenters. The molecule has 26 heavy (non-hydrogen) atoms. The molecular formula is C20H28N4O2. The lowest BCUT2D eigenvalue weighted by Gasteiger charge is -2.33. The van der Waals surface area contributed by atoms with Gasteiger partial charge in [-0.25, -0.2) is 0 Å². The smallest absolute Gasteiger partial charge is 0.238 e. The number of aryl methyl sites for hydroxylation is 3. The lowest BCUT2D eigenvalue weighted by molar-refractivity contribution is -0.117. The molecule has 3 rings (SSSR count). The number of benzene rings is 1. The van der Waals surface area contributed by atoms with Crippen LogP contribution in [0, 0.1) is 13.8 Å². The van der Waals surface area contributed by atoms with Crippen LogP contribution in [0.4, 0.5) is 5.69 Å². The van der Waals surface area contributed by atoms with Gasteiger partial charge in [-0.3, -0.25) is 14.6 Å².